The van der Waals surface area contributed by atoms with Gasteiger partial charge in [-0.15, -0.1) is 5.92 Å². The zero-order valence-electron chi connectivity index (χ0n) is 19.9. The van der Waals surface area contributed by atoms with Crippen molar-refractivity contribution in [3.63, 3.8) is 0 Å². The number of nitrogens with zero attached hydrogens (tertiary/aromatic N) is 4. The molecule has 0 amide bonds. The monoisotopic (exact) mass is 510 g/mol. The molecule has 8 nitrogen and oxygen atoms in total. The van der Waals surface area contributed by atoms with E-state index in [1.807, 2.05) is 0 Å². The van der Waals surface area contributed by atoms with Crippen LogP contribution in [0.5, 0.6) is 5.88 Å². The van der Waals surface area contributed by atoms with Crippen LogP contribution < -0.4 is 15.8 Å². The second-order valence-corrected chi connectivity index (χ2v) is 10.3. The number of nitrogens with one attached hydrogen (secondary N) is 1. The molecule has 11 heteroatoms. The number of fused-ring (bicyclic) bond motifs is 2. The van der Waals surface area contributed by atoms with Crippen molar-refractivity contribution >= 4 is 39.5 Å². The Kier molecular flexibility index (Phi) is 6.18. The summed E-state index contributed by atoms with van der Waals surface area (Å²) >= 11 is 1.44. The summed E-state index contributed by atoms with van der Waals surface area (Å²) in [6.45, 7) is 4.15. The Morgan fingerprint density at radius 3 is 2.92 bits per heavy atom. The minimum atomic E-state index is -1.05. The van der Waals surface area contributed by atoms with Crippen molar-refractivity contribution in [2.45, 2.75) is 30.6 Å². The third-order valence-corrected chi connectivity index (χ3v) is 7.76. The third kappa shape index (κ3) is 4.20. The molecular weight excluding hydrogens is 486 g/mol. The lowest BCUT2D eigenvalue weighted by Crippen LogP contribution is -2.37. The van der Waals surface area contributed by atoms with Crippen LogP contribution in [0.1, 0.15) is 25.8 Å². The van der Waals surface area contributed by atoms with Crippen molar-refractivity contribution in [2.24, 2.45) is 16.6 Å². The molecule has 0 unspecified atom stereocenters. The van der Waals surface area contributed by atoms with Gasteiger partial charge in [0.1, 0.15) is 5.52 Å². The standard InChI is InChI=1S/C25H24F2N6O2S/c1-4-5-8-35-19-12-30-21-17(32-19)6-7-29-22(21)31-14-9-15(20(27)16(26)10-14)24(2)18-11-25(18,13-34-3)36-23(28)33-24/h6-7,9-10,12,18H,8,11,13H2,1-3H3,(H2,28,33)(H,29,31)/t18-,24-,25+/m0/s1. The van der Waals surface area contributed by atoms with E-state index >= 15 is 4.39 Å². The zero-order valence-corrected chi connectivity index (χ0v) is 20.7. The number of benzene rings is 1. The van der Waals surface area contributed by atoms with E-state index in [2.05, 4.69) is 37.1 Å². The van der Waals surface area contributed by atoms with E-state index in [-0.39, 0.29) is 22.8 Å². The average Bonchev–Trinajstić information content (AvgIpc) is 3.56. The first-order valence-corrected chi connectivity index (χ1v) is 12.1. The number of pyridine rings is 1. The van der Waals surface area contributed by atoms with Crippen LogP contribution in [0.2, 0.25) is 0 Å². The highest BCUT2D eigenvalue weighted by Gasteiger charge is 2.66. The van der Waals surface area contributed by atoms with Gasteiger partial charge in [0, 0.05) is 36.5 Å². The lowest BCUT2D eigenvalue weighted by Gasteiger charge is -2.34. The molecule has 2 aliphatic rings. The van der Waals surface area contributed by atoms with E-state index in [1.54, 1.807) is 39.3 Å². The van der Waals surface area contributed by atoms with Gasteiger partial charge in [-0.25, -0.2) is 23.7 Å². The van der Waals surface area contributed by atoms with Gasteiger partial charge in [0.05, 0.1) is 28.6 Å². The van der Waals surface area contributed by atoms with E-state index in [1.165, 1.54) is 18.0 Å². The highest BCUT2D eigenvalue weighted by atomic mass is 32.2. The van der Waals surface area contributed by atoms with Crippen molar-refractivity contribution in [3.05, 3.63) is 47.8 Å². The van der Waals surface area contributed by atoms with Crippen LogP contribution in [-0.2, 0) is 10.3 Å². The molecule has 0 saturated heterocycles. The molecule has 1 fully saturated rings. The van der Waals surface area contributed by atoms with Crippen LogP contribution in [0.15, 0.2) is 35.6 Å². The van der Waals surface area contributed by atoms with Crippen molar-refractivity contribution in [3.8, 4) is 17.7 Å². The minimum Gasteiger partial charge on any atom is -0.463 e. The molecule has 1 aromatic carbocycles. The van der Waals surface area contributed by atoms with Crippen molar-refractivity contribution < 1.29 is 18.3 Å². The molecule has 186 valence electrons. The number of amidine groups is 1. The number of ether oxygens (including phenoxy) is 2. The summed E-state index contributed by atoms with van der Waals surface area (Å²) in [4.78, 5) is 17.7. The van der Waals surface area contributed by atoms with Crippen LogP contribution >= 0.6 is 11.8 Å². The summed E-state index contributed by atoms with van der Waals surface area (Å²) in [7, 11) is 1.61. The first kappa shape index (κ1) is 24.2. The maximum absolute atomic E-state index is 15.2. The fraction of sp³-hybridized carbons (Fsp3) is 0.360. The Bertz CT molecular complexity index is 1440. The first-order valence-electron chi connectivity index (χ1n) is 11.2. The molecule has 3 aromatic rings. The predicted octanol–water partition coefficient (Wildman–Crippen LogP) is 4.13. The topological polar surface area (TPSA) is 108 Å². The molecule has 2 aromatic heterocycles. The molecule has 5 rings (SSSR count). The van der Waals surface area contributed by atoms with Gasteiger partial charge in [-0.2, -0.15) is 0 Å². The predicted molar refractivity (Wildman–Crippen MR) is 135 cm³/mol. The highest BCUT2D eigenvalue weighted by Crippen LogP contribution is 2.66. The summed E-state index contributed by atoms with van der Waals surface area (Å²) in [6, 6.07) is 4.32. The number of thioether (sulfide) groups is 1. The second-order valence-electron chi connectivity index (χ2n) is 8.85. The fourth-order valence-electron chi connectivity index (χ4n) is 4.77. The normalized spacial score (nSPS) is 24.4. The Morgan fingerprint density at radius 2 is 2.14 bits per heavy atom. The van der Waals surface area contributed by atoms with Gasteiger partial charge < -0.3 is 20.5 Å². The minimum absolute atomic E-state index is 0.0521. The number of anilines is 2. The van der Waals surface area contributed by atoms with E-state index in [0.717, 1.165) is 12.5 Å². The molecule has 3 N–H and O–H groups in total. The molecule has 0 spiro atoms. The number of methoxy groups -OCH3 is 1. The largest absolute Gasteiger partial charge is 0.463 e. The number of aromatic nitrogens is 3. The van der Waals surface area contributed by atoms with Gasteiger partial charge >= 0.3 is 0 Å². The number of rotatable bonds is 7. The van der Waals surface area contributed by atoms with Crippen molar-refractivity contribution in [1.29, 1.82) is 0 Å². The Labute approximate surface area is 211 Å². The molecule has 36 heavy (non-hydrogen) atoms. The molecule has 1 aliphatic carbocycles. The van der Waals surface area contributed by atoms with Crippen molar-refractivity contribution in [2.75, 3.05) is 25.6 Å². The van der Waals surface area contributed by atoms with Crippen LogP contribution in [-0.4, -0.2) is 45.2 Å². The van der Waals surface area contributed by atoms with E-state index in [9.17, 15) is 4.39 Å². The molecule has 1 saturated carbocycles. The Hall–Kier alpha value is -3.49. The van der Waals surface area contributed by atoms with Gasteiger partial charge in [0.2, 0.25) is 5.88 Å². The van der Waals surface area contributed by atoms with E-state index in [4.69, 9.17) is 15.2 Å². The second kappa shape index (κ2) is 9.19. The maximum atomic E-state index is 15.2. The molecule has 3 atom stereocenters. The summed E-state index contributed by atoms with van der Waals surface area (Å²) in [6.07, 6.45) is 3.74. The molecule has 0 bridgehead atoms. The lowest BCUT2D eigenvalue weighted by atomic mass is 9.85. The molecule has 0 radical (unpaired) electrons. The van der Waals surface area contributed by atoms with E-state index < -0.39 is 17.2 Å². The smallest absolute Gasteiger partial charge is 0.233 e. The lowest BCUT2D eigenvalue weighted by molar-refractivity contribution is 0.184. The highest BCUT2D eigenvalue weighted by molar-refractivity contribution is 8.15. The Balaban J connectivity index is 1.50. The van der Waals surface area contributed by atoms with Gasteiger partial charge in [0.25, 0.3) is 0 Å². The van der Waals surface area contributed by atoms with Crippen LogP contribution in [0.25, 0.3) is 11.0 Å². The number of halogens is 2. The first-order chi connectivity index (χ1) is 17.3. The summed E-state index contributed by atoms with van der Waals surface area (Å²) < 4.78 is 40.6. The maximum Gasteiger partial charge on any atom is 0.233 e. The molecule has 1 aliphatic heterocycles. The van der Waals surface area contributed by atoms with Crippen LogP contribution in [0, 0.1) is 29.4 Å². The zero-order chi connectivity index (χ0) is 25.5. The van der Waals surface area contributed by atoms with Gasteiger partial charge in [-0.3, -0.25) is 4.99 Å². The van der Waals surface area contributed by atoms with E-state index in [0.29, 0.717) is 40.2 Å². The molecular formula is C25H24F2N6O2S. The van der Waals surface area contributed by atoms with Gasteiger partial charge in [-0.05, 0) is 32.4 Å². The summed E-state index contributed by atoms with van der Waals surface area (Å²) in [5.74, 6) is 4.19. The number of nitrogens with two attached hydrogens (primary N) is 1. The molecule has 3 heterocycles. The summed E-state index contributed by atoms with van der Waals surface area (Å²) in [5.41, 5.74) is 6.47. The number of aliphatic imine (C=N–C) groups is 1. The quantitative estimate of drug-likeness (QED) is 0.457. The van der Waals surface area contributed by atoms with Crippen LogP contribution in [0.3, 0.4) is 0 Å². The SMILES string of the molecule is CC#CCOc1cnc2c(Nc3cc(F)c(F)c([C@]4(C)N=C(N)S[C@@]5(COC)C[C@H]54)c3)nccc2n1. The van der Waals surface area contributed by atoms with Gasteiger partial charge in [0.15, 0.2) is 29.2 Å². The summed E-state index contributed by atoms with van der Waals surface area (Å²) in [5, 5.41) is 3.39. The average molecular weight is 511 g/mol. The van der Waals surface area contributed by atoms with Gasteiger partial charge in [-0.1, -0.05) is 17.7 Å². The Morgan fingerprint density at radius 1 is 1.31 bits per heavy atom. The number of hydrogen-bond acceptors (Lipinski definition) is 9. The number of hydrogen-bond donors (Lipinski definition) is 2. The van der Waals surface area contributed by atoms with Crippen molar-refractivity contribution in [1.82, 2.24) is 15.0 Å². The third-order valence-electron chi connectivity index (χ3n) is 6.48. The van der Waals surface area contributed by atoms with Crippen LogP contribution in [0.4, 0.5) is 20.3 Å². The fourth-order valence-corrected chi connectivity index (χ4v) is 6.22.